The van der Waals surface area contributed by atoms with Crippen LogP contribution in [0.1, 0.15) is 0 Å². The standard InChI is InChI=1S/C7H6N2O4/c1-2-3-9-6(12)4(10)5(11)8-7(9)13/h2H,1,3H2,(H,8,11,13). The zero-order valence-corrected chi connectivity index (χ0v) is 6.57. The zero-order valence-electron chi connectivity index (χ0n) is 6.57. The highest BCUT2D eigenvalue weighted by molar-refractivity contribution is 6.66. The van der Waals surface area contributed by atoms with Crippen LogP contribution < -0.4 is 5.32 Å². The Morgan fingerprint density at radius 3 is 2.46 bits per heavy atom. The van der Waals surface area contributed by atoms with Gasteiger partial charge in [-0.15, -0.1) is 6.58 Å². The van der Waals surface area contributed by atoms with E-state index >= 15 is 0 Å². The summed E-state index contributed by atoms with van der Waals surface area (Å²) in [7, 11) is 0. The lowest BCUT2D eigenvalue weighted by atomic mass is 10.2. The van der Waals surface area contributed by atoms with Gasteiger partial charge in [0.2, 0.25) is 0 Å². The molecule has 6 heteroatoms. The number of nitrogens with zero attached hydrogens (tertiary/aromatic N) is 1. The summed E-state index contributed by atoms with van der Waals surface area (Å²) in [5.41, 5.74) is 0. The van der Waals surface area contributed by atoms with E-state index in [2.05, 4.69) is 6.58 Å². The number of hydrogen-bond donors (Lipinski definition) is 1. The molecule has 0 saturated carbocycles. The van der Waals surface area contributed by atoms with E-state index in [1.807, 2.05) is 0 Å². The molecule has 0 radical (unpaired) electrons. The molecule has 1 fully saturated rings. The molecule has 0 atom stereocenters. The normalized spacial score (nSPS) is 17.4. The van der Waals surface area contributed by atoms with Gasteiger partial charge in [-0.05, 0) is 0 Å². The number of hydrogen-bond acceptors (Lipinski definition) is 4. The predicted octanol–water partition coefficient (Wildman–Crippen LogP) is -1.18. The Hall–Kier alpha value is -1.98. The van der Waals surface area contributed by atoms with Gasteiger partial charge in [-0.3, -0.25) is 24.6 Å². The second kappa shape index (κ2) is 3.18. The largest absolute Gasteiger partial charge is 0.331 e. The molecule has 4 amide bonds. The molecule has 1 saturated heterocycles. The van der Waals surface area contributed by atoms with E-state index in [1.165, 1.54) is 6.08 Å². The molecular weight excluding hydrogens is 176 g/mol. The maximum atomic E-state index is 11.0. The van der Waals surface area contributed by atoms with Crippen molar-refractivity contribution < 1.29 is 19.2 Å². The Balaban J connectivity index is 2.91. The third kappa shape index (κ3) is 1.46. The Kier molecular flexibility index (Phi) is 2.23. The van der Waals surface area contributed by atoms with Gasteiger partial charge >= 0.3 is 23.6 Å². The second-order valence-electron chi connectivity index (χ2n) is 2.29. The molecule has 1 aliphatic rings. The number of barbiturate groups is 1. The lowest BCUT2D eigenvalue weighted by molar-refractivity contribution is -0.150. The minimum absolute atomic E-state index is 0.0936. The molecule has 1 rings (SSSR count). The summed E-state index contributed by atoms with van der Waals surface area (Å²) in [4.78, 5) is 43.9. The molecule has 1 aliphatic heterocycles. The van der Waals surface area contributed by atoms with Crippen LogP contribution >= 0.6 is 0 Å². The molecular formula is C7H6N2O4. The number of rotatable bonds is 2. The van der Waals surface area contributed by atoms with E-state index in [1.54, 1.807) is 5.32 Å². The van der Waals surface area contributed by atoms with Crippen molar-refractivity contribution in [2.75, 3.05) is 6.54 Å². The van der Waals surface area contributed by atoms with Crippen molar-refractivity contribution in [3.63, 3.8) is 0 Å². The molecule has 6 nitrogen and oxygen atoms in total. The molecule has 0 unspecified atom stereocenters. The van der Waals surface area contributed by atoms with Crippen LogP contribution in [0.5, 0.6) is 0 Å². The van der Waals surface area contributed by atoms with E-state index in [-0.39, 0.29) is 6.54 Å². The Morgan fingerprint density at radius 2 is 1.92 bits per heavy atom. The molecule has 68 valence electrons. The van der Waals surface area contributed by atoms with Gasteiger partial charge in [0.25, 0.3) is 0 Å². The first-order valence-corrected chi connectivity index (χ1v) is 3.40. The number of urea groups is 1. The Morgan fingerprint density at radius 1 is 1.31 bits per heavy atom. The van der Waals surface area contributed by atoms with Crippen LogP contribution in [-0.4, -0.2) is 35.1 Å². The maximum absolute atomic E-state index is 11.0. The fourth-order valence-corrected chi connectivity index (χ4v) is 0.828. The smallest absolute Gasteiger partial charge is 0.277 e. The van der Waals surface area contributed by atoms with Gasteiger partial charge in [0.15, 0.2) is 0 Å². The third-order valence-corrected chi connectivity index (χ3v) is 1.42. The van der Waals surface area contributed by atoms with Crippen molar-refractivity contribution in [3.05, 3.63) is 12.7 Å². The summed E-state index contributed by atoms with van der Waals surface area (Å²) in [6.07, 6.45) is 1.28. The number of carbonyl (C=O) groups excluding carboxylic acids is 4. The van der Waals surface area contributed by atoms with Crippen LogP contribution in [0.4, 0.5) is 4.79 Å². The average molecular weight is 182 g/mol. The molecule has 0 aromatic carbocycles. The fourth-order valence-electron chi connectivity index (χ4n) is 0.828. The van der Waals surface area contributed by atoms with Gasteiger partial charge < -0.3 is 0 Å². The van der Waals surface area contributed by atoms with Gasteiger partial charge in [-0.1, -0.05) is 6.08 Å². The quantitative estimate of drug-likeness (QED) is 0.430. The van der Waals surface area contributed by atoms with Gasteiger partial charge in [0, 0.05) is 6.54 Å². The van der Waals surface area contributed by atoms with Crippen LogP contribution in [0.15, 0.2) is 12.7 Å². The molecule has 0 aromatic rings. The maximum Gasteiger partial charge on any atom is 0.331 e. The number of imide groups is 2. The van der Waals surface area contributed by atoms with E-state index < -0.39 is 23.6 Å². The van der Waals surface area contributed by atoms with Crippen LogP contribution in [-0.2, 0) is 14.4 Å². The first-order chi connectivity index (χ1) is 6.07. The second-order valence-corrected chi connectivity index (χ2v) is 2.29. The number of nitrogens with one attached hydrogen (secondary N) is 1. The lowest BCUT2D eigenvalue weighted by Crippen LogP contribution is -2.58. The minimum Gasteiger partial charge on any atom is -0.277 e. The number of amides is 4. The molecule has 0 spiro atoms. The highest BCUT2D eigenvalue weighted by Gasteiger charge is 2.38. The van der Waals surface area contributed by atoms with Crippen molar-refractivity contribution in [1.29, 1.82) is 0 Å². The van der Waals surface area contributed by atoms with Crippen LogP contribution in [0.25, 0.3) is 0 Å². The van der Waals surface area contributed by atoms with E-state index in [4.69, 9.17) is 0 Å². The number of ketones is 1. The summed E-state index contributed by atoms with van der Waals surface area (Å²) >= 11 is 0. The molecule has 0 aromatic heterocycles. The van der Waals surface area contributed by atoms with E-state index in [0.29, 0.717) is 4.90 Å². The monoisotopic (exact) mass is 182 g/mol. The van der Waals surface area contributed by atoms with Gasteiger partial charge in [0.1, 0.15) is 0 Å². The summed E-state index contributed by atoms with van der Waals surface area (Å²) in [6.45, 7) is 3.20. The van der Waals surface area contributed by atoms with E-state index in [9.17, 15) is 19.2 Å². The highest BCUT2D eigenvalue weighted by Crippen LogP contribution is 1.99. The number of Topliss-reactive ketones (excluding diaryl/α,β-unsaturated/α-hetero) is 1. The summed E-state index contributed by atoms with van der Waals surface area (Å²) in [5.74, 6) is -3.54. The zero-order chi connectivity index (χ0) is 10.0. The SMILES string of the molecule is C=CCN1C(=O)NC(=O)C(=O)C1=O. The first kappa shape index (κ1) is 9.11. The topological polar surface area (TPSA) is 83.6 Å². The van der Waals surface area contributed by atoms with Crippen molar-refractivity contribution in [1.82, 2.24) is 10.2 Å². The molecule has 1 N–H and O–H groups in total. The minimum atomic E-state index is -1.23. The molecule has 13 heavy (non-hydrogen) atoms. The van der Waals surface area contributed by atoms with E-state index in [0.717, 1.165) is 0 Å². The van der Waals surface area contributed by atoms with Crippen molar-refractivity contribution in [3.8, 4) is 0 Å². The van der Waals surface area contributed by atoms with Gasteiger partial charge in [0.05, 0.1) is 0 Å². The van der Waals surface area contributed by atoms with Gasteiger partial charge in [-0.25, -0.2) is 4.79 Å². The highest BCUT2D eigenvalue weighted by atomic mass is 16.2. The molecule has 0 aliphatic carbocycles. The lowest BCUT2D eigenvalue weighted by Gasteiger charge is -2.21. The Labute approximate surface area is 73.2 Å². The summed E-state index contributed by atoms with van der Waals surface area (Å²) < 4.78 is 0. The first-order valence-electron chi connectivity index (χ1n) is 3.40. The summed E-state index contributed by atoms with van der Waals surface area (Å²) in [5, 5.41) is 1.72. The number of carbonyl (C=O) groups is 4. The average Bonchev–Trinajstić information content (AvgIpc) is 2.09. The van der Waals surface area contributed by atoms with Gasteiger partial charge in [-0.2, -0.15) is 0 Å². The van der Waals surface area contributed by atoms with Crippen molar-refractivity contribution in [2.24, 2.45) is 0 Å². The van der Waals surface area contributed by atoms with Crippen molar-refractivity contribution >= 4 is 23.6 Å². The summed E-state index contributed by atoms with van der Waals surface area (Å²) in [6, 6.07) is -0.894. The van der Waals surface area contributed by atoms with Crippen molar-refractivity contribution in [2.45, 2.75) is 0 Å². The molecule has 0 bridgehead atoms. The van der Waals surface area contributed by atoms with Crippen LogP contribution in [0, 0.1) is 0 Å². The molecule has 1 heterocycles. The fraction of sp³-hybridized carbons (Fsp3) is 0.143. The Bertz CT molecular complexity index is 320. The van der Waals surface area contributed by atoms with Crippen LogP contribution in [0.3, 0.4) is 0 Å². The predicted molar refractivity (Wildman–Crippen MR) is 40.5 cm³/mol. The third-order valence-electron chi connectivity index (χ3n) is 1.42. The van der Waals surface area contributed by atoms with Crippen LogP contribution in [0.2, 0.25) is 0 Å².